The first-order chi connectivity index (χ1) is 9.10. The van der Waals surface area contributed by atoms with E-state index in [2.05, 4.69) is 14.9 Å². The highest BCUT2D eigenvalue weighted by atomic mass is 32.1. The van der Waals surface area contributed by atoms with E-state index < -0.39 is 17.7 Å². The summed E-state index contributed by atoms with van der Waals surface area (Å²) in [6.07, 6.45) is 0.708. The van der Waals surface area contributed by atoms with Crippen molar-refractivity contribution in [2.45, 2.75) is 26.3 Å². The van der Waals surface area contributed by atoms with Crippen LogP contribution >= 0.6 is 11.5 Å². The first-order valence-corrected chi connectivity index (χ1v) is 6.80. The van der Waals surface area contributed by atoms with Gasteiger partial charge >= 0.3 is 0 Å². The molecule has 3 nitrogen and oxygen atoms in total. The van der Waals surface area contributed by atoms with E-state index in [0.29, 0.717) is 12.0 Å². The zero-order chi connectivity index (χ0) is 14.0. The molecular formula is C13H15F2N3S. The van der Waals surface area contributed by atoms with Gasteiger partial charge in [-0.2, -0.15) is 0 Å². The Balaban J connectivity index is 2.52. The highest BCUT2D eigenvalue weighted by Gasteiger charge is 2.24. The van der Waals surface area contributed by atoms with Crippen molar-refractivity contribution in [3.63, 3.8) is 0 Å². The molecule has 0 radical (unpaired) electrons. The number of nitrogens with one attached hydrogen (secondary N) is 1. The number of benzene rings is 1. The average Bonchev–Trinajstić information content (AvgIpc) is 2.88. The van der Waals surface area contributed by atoms with Gasteiger partial charge in [0.05, 0.1) is 16.6 Å². The lowest BCUT2D eigenvalue weighted by Crippen LogP contribution is -2.20. The van der Waals surface area contributed by atoms with Crippen LogP contribution in [-0.4, -0.2) is 16.6 Å². The van der Waals surface area contributed by atoms with Gasteiger partial charge in [-0.05, 0) is 37.5 Å². The highest BCUT2D eigenvalue weighted by molar-refractivity contribution is 7.05. The van der Waals surface area contributed by atoms with Crippen LogP contribution in [0, 0.1) is 18.6 Å². The van der Waals surface area contributed by atoms with Gasteiger partial charge in [-0.15, -0.1) is 5.10 Å². The Kier molecular flexibility index (Phi) is 4.21. The van der Waals surface area contributed by atoms with Gasteiger partial charge in [-0.3, -0.25) is 0 Å². The molecule has 19 heavy (non-hydrogen) atoms. The minimum absolute atomic E-state index is 0.284. The number of aryl methyl sites for hydroxylation is 2. The van der Waals surface area contributed by atoms with Gasteiger partial charge in [-0.25, -0.2) is 8.78 Å². The van der Waals surface area contributed by atoms with Crippen molar-refractivity contribution >= 4 is 11.5 Å². The van der Waals surface area contributed by atoms with Gasteiger partial charge in [0.25, 0.3) is 0 Å². The molecule has 1 aromatic heterocycles. The van der Waals surface area contributed by atoms with Crippen LogP contribution in [0.25, 0.3) is 0 Å². The Bertz CT molecular complexity index is 583. The topological polar surface area (TPSA) is 37.8 Å². The molecule has 2 aromatic rings. The predicted molar refractivity (Wildman–Crippen MR) is 71.3 cm³/mol. The molecular weight excluding hydrogens is 268 g/mol. The minimum Gasteiger partial charge on any atom is -0.308 e. The van der Waals surface area contributed by atoms with E-state index in [-0.39, 0.29) is 5.56 Å². The molecule has 1 unspecified atom stereocenters. The van der Waals surface area contributed by atoms with Gasteiger partial charge in [-0.1, -0.05) is 23.5 Å². The van der Waals surface area contributed by atoms with Gasteiger partial charge in [0, 0.05) is 5.56 Å². The molecule has 0 saturated carbocycles. The fourth-order valence-electron chi connectivity index (χ4n) is 1.99. The van der Waals surface area contributed by atoms with Gasteiger partial charge in [0.2, 0.25) is 0 Å². The van der Waals surface area contributed by atoms with E-state index in [0.717, 1.165) is 10.6 Å². The van der Waals surface area contributed by atoms with Crippen LogP contribution < -0.4 is 5.32 Å². The molecule has 1 N–H and O–H groups in total. The number of nitrogens with zero attached hydrogens (tertiary/aromatic N) is 2. The number of rotatable bonds is 4. The van der Waals surface area contributed by atoms with Crippen molar-refractivity contribution in [1.82, 2.24) is 14.9 Å². The van der Waals surface area contributed by atoms with Crippen molar-refractivity contribution in [2.24, 2.45) is 0 Å². The summed E-state index contributed by atoms with van der Waals surface area (Å²) in [6.45, 7) is 3.50. The van der Waals surface area contributed by atoms with Crippen molar-refractivity contribution < 1.29 is 8.78 Å². The summed E-state index contributed by atoms with van der Waals surface area (Å²) in [4.78, 5) is 0.826. The molecule has 2 rings (SSSR count). The smallest absolute Gasteiger partial charge is 0.164 e. The summed E-state index contributed by atoms with van der Waals surface area (Å²) in [5, 5.41) is 7.02. The monoisotopic (exact) mass is 283 g/mol. The third-order valence-electron chi connectivity index (χ3n) is 3.09. The summed E-state index contributed by atoms with van der Waals surface area (Å²) in [5.41, 5.74) is 1.39. The maximum Gasteiger partial charge on any atom is 0.164 e. The quantitative estimate of drug-likeness (QED) is 0.937. The van der Waals surface area contributed by atoms with Crippen LogP contribution in [-0.2, 0) is 6.42 Å². The summed E-state index contributed by atoms with van der Waals surface area (Å²) in [6, 6.07) is 2.76. The molecule has 0 fully saturated rings. The summed E-state index contributed by atoms with van der Waals surface area (Å²) >= 11 is 1.21. The Morgan fingerprint density at radius 2 is 2.05 bits per heavy atom. The Morgan fingerprint density at radius 1 is 1.32 bits per heavy atom. The predicted octanol–water partition coefficient (Wildman–Crippen LogP) is 3.00. The first kappa shape index (κ1) is 14.0. The zero-order valence-electron chi connectivity index (χ0n) is 11.0. The van der Waals surface area contributed by atoms with E-state index >= 15 is 0 Å². The number of halogens is 2. The second-order valence-corrected chi connectivity index (χ2v) is 5.04. The van der Waals surface area contributed by atoms with Crippen LogP contribution in [0.2, 0.25) is 0 Å². The molecule has 1 aromatic carbocycles. The summed E-state index contributed by atoms with van der Waals surface area (Å²) in [7, 11) is 1.71. The molecule has 1 heterocycles. The van der Waals surface area contributed by atoms with E-state index in [4.69, 9.17) is 0 Å². The lowest BCUT2D eigenvalue weighted by molar-refractivity contribution is 0.483. The van der Waals surface area contributed by atoms with E-state index in [9.17, 15) is 8.78 Å². The average molecular weight is 283 g/mol. The Hall–Kier alpha value is -1.40. The first-order valence-electron chi connectivity index (χ1n) is 6.03. The van der Waals surface area contributed by atoms with Crippen molar-refractivity contribution in [2.75, 3.05) is 7.05 Å². The molecule has 0 saturated heterocycles. The lowest BCUT2D eigenvalue weighted by atomic mass is 10.0. The van der Waals surface area contributed by atoms with Crippen LogP contribution in [0.3, 0.4) is 0 Å². The maximum atomic E-state index is 14.1. The second kappa shape index (κ2) is 5.71. The number of hydrogen-bond acceptors (Lipinski definition) is 4. The van der Waals surface area contributed by atoms with Crippen LogP contribution in [0.5, 0.6) is 0 Å². The highest BCUT2D eigenvalue weighted by Crippen LogP contribution is 2.30. The minimum atomic E-state index is -0.810. The summed E-state index contributed by atoms with van der Waals surface area (Å²) in [5.74, 6) is -1.61. The maximum absolute atomic E-state index is 14.1. The largest absolute Gasteiger partial charge is 0.308 e. The Labute approximate surface area is 114 Å². The lowest BCUT2D eigenvalue weighted by Gasteiger charge is -2.17. The van der Waals surface area contributed by atoms with E-state index in [1.165, 1.54) is 11.5 Å². The zero-order valence-corrected chi connectivity index (χ0v) is 11.8. The second-order valence-electron chi connectivity index (χ2n) is 4.26. The van der Waals surface area contributed by atoms with Gasteiger partial charge < -0.3 is 5.32 Å². The van der Waals surface area contributed by atoms with E-state index in [1.54, 1.807) is 26.1 Å². The fraction of sp³-hybridized carbons (Fsp3) is 0.385. The van der Waals surface area contributed by atoms with Crippen LogP contribution in [0.4, 0.5) is 8.78 Å². The van der Waals surface area contributed by atoms with Crippen molar-refractivity contribution in [1.29, 1.82) is 0 Å². The SMILES string of the molecule is CCc1nnsc1C(NC)c1ccc(C)c(F)c1F. The normalized spacial score (nSPS) is 12.7. The van der Waals surface area contributed by atoms with Gasteiger partial charge in [0.1, 0.15) is 0 Å². The van der Waals surface area contributed by atoms with Crippen molar-refractivity contribution in [3.8, 4) is 0 Å². The van der Waals surface area contributed by atoms with Gasteiger partial charge in [0.15, 0.2) is 11.6 Å². The molecule has 0 aliphatic rings. The third kappa shape index (κ3) is 2.50. The molecule has 0 bridgehead atoms. The molecule has 0 aliphatic heterocycles. The molecule has 0 aliphatic carbocycles. The van der Waals surface area contributed by atoms with Crippen LogP contribution in [0.15, 0.2) is 12.1 Å². The van der Waals surface area contributed by atoms with Crippen LogP contribution in [0.1, 0.15) is 34.7 Å². The molecule has 102 valence electrons. The molecule has 1 atom stereocenters. The standard InChI is InChI=1S/C13H15F2N3S/c1-4-9-13(19-18-17-9)12(16-3)8-6-5-7(2)10(14)11(8)15/h5-6,12,16H,4H2,1-3H3. The number of aromatic nitrogens is 2. The molecule has 6 heteroatoms. The third-order valence-corrected chi connectivity index (χ3v) is 3.92. The summed E-state index contributed by atoms with van der Waals surface area (Å²) < 4.78 is 31.6. The van der Waals surface area contributed by atoms with Crippen molar-refractivity contribution in [3.05, 3.63) is 45.5 Å². The van der Waals surface area contributed by atoms with E-state index in [1.807, 2.05) is 6.92 Å². The molecule has 0 spiro atoms. The fourth-order valence-corrected chi connectivity index (χ4v) is 2.86. The Morgan fingerprint density at radius 3 is 2.68 bits per heavy atom. The number of hydrogen-bond donors (Lipinski definition) is 1. The molecule has 0 amide bonds.